The standard InChI is InChI=1S/C7HBrClF2NO4.C7H3BrClF2NO2.C7H2BrClF2O2.C7H4BrF2NO2.C7H5F2NO2/c8-4-2(12(13)14)1-3-6(5(4)9)16-7(10,11)15-3;8-4-2(12)1-3-6(5(4)9)14-7(10,11)13-3;8-3-1-2-4-6(5(3)9)13-7(10,11)12-4;8-3-1-2-4-6(5(3)11)13-7(9,10)12-4;8-7(9)11-5-3-1-2-4(10)6(5)12-7/h1H;1H,12H2;1-2H;1-2H,11H2;1-3H,10H2. The number of para-hydroxylation sites is 1. The molecule has 0 atom stereocenters. The molecule has 0 unspecified atom stereocenters. The Morgan fingerprint density at radius 1 is 0.456 bits per heavy atom. The number of anilines is 3. The van der Waals surface area contributed by atoms with Gasteiger partial charge in [0.05, 0.1) is 32.5 Å². The van der Waals surface area contributed by atoms with E-state index in [2.05, 4.69) is 111 Å². The molecule has 68 heavy (non-hydrogen) atoms. The van der Waals surface area contributed by atoms with Crippen molar-refractivity contribution < 1.29 is 96.2 Å². The van der Waals surface area contributed by atoms with Gasteiger partial charge in [-0.3, -0.25) is 10.1 Å². The van der Waals surface area contributed by atoms with Crippen LogP contribution < -0.4 is 64.6 Å². The van der Waals surface area contributed by atoms with Crippen LogP contribution in [0.4, 0.5) is 66.7 Å². The molecule has 10 rings (SSSR count). The highest BCUT2D eigenvalue weighted by Gasteiger charge is 2.49. The maximum atomic E-state index is 12.7. The van der Waals surface area contributed by atoms with E-state index in [-0.39, 0.29) is 82.6 Å². The van der Waals surface area contributed by atoms with Crippen LogP contribution in [0.2, 0.25) is 15.1 Å². The summed E-state index contributed by atoms with van der Waals surface area (Å²) in [6, 6.07) is 12.1. The first kappa shape index (κ1) is 52.4. The van der Waals surface area contributed by atoms with E-state index in [1.807, 2.05) is 0 Å². The summed E-state index contributed by atoms with van der Waals surface area (Å²) in [5.74, 6) is -1.76. The third-order valence-corrected chi connectivity index (χ3v) is 12.6. The fourth-order valence-corrected chi connectivity index (χ4v) is 7.17. The predicted octanol–water partition coefficient (Wildman–Crippen LogP) is 13.7. The Labute approximate surface area is 418 Å². The van der Waals surface area contributed by atoms with Crippen LogP contribution in [0.15, 0.2) is 72.5 Å². The molecule has 0 radical (unpaired) electrons. The molecular formula is C35H15Br4Cl3F10N4O12. The second-order valence-electron chi connectivity index (χ2n) is 12.5. The summed E-state index contributed by atoms with van der Waals surface area (Å²) in [4.78, 5) is 9.79. The Kier molecular flexibility index (Phi) is 14.7. The summed E-state index contributed by atoms with van der Waals surface area (Å²) in [7, 11) is 0. The van der Waals surface area contributed by atoms with Crippen molar-refractivity contribution in [3.05, 3.63) is 97.7 Å². The Morgan fingerprint density at radius 3 is 1.32 bits per heavy atom. The highest BCUT2D eigenvalue weighted by molar-refractivity contribution is 9.11. The van der Waals surface area contributed by atoms with Crippen LogP contribution in [0.25, 0.3) is 0 Å². The van der Waals surface area contributed by atoms with Crippen molar-refractivity contribution >= 4 is 121 Å². The van der Waals surface area contributed by atoms with E-state index in [9.17, 15) is 54.0 Å². The van der Waals surface area contributed by atoms with Crippen LogP contribution in [0.3, 0.4) is 0 Å². The van der Waals surface area contributed by atoms with E-state index < -0.39 is 53.6 Å². The number of rotatable bonds is 1. The zero-order chi connectivity index (χ0) is 50.6. The van der Waals surface area contributed by atoms with Crippen LogP contribution >= 0.6 is 98.5 Å². The van der Waals surface area contributed by atoms with Gasteiger partial charge in [-0.2, -0.15) is 0 Å². The second-order valence-corrected chi connectivity index (χ2v) is 16.9. The SMILES string of the molecule is FC1(F)Oc2ccc(Br)c(Cl)c2O1.Nc1c(Br)ccc2c1OC(F)(F)O2.Nc1cc2c(c(Cl)c1Br)OC(F)(F)O2.Nc1cccc2c1OC(F)(F)O2.O=[N+]([O-])c1cc2c(c(Cl)c1Br)OC(F)(F)O2. The molecule has 5 aliphatic heterocycles. The van der Waals surface area contributed by atoms with Crippen LogP contribution in [-0.4, -0.2) is 36.4 Å². The number of alkyl halides is 10. The topological polar surface area (TPSA) is 213 Å². The number of nitrogen functional groups attached to an aromatic ring is 3. The summed E-state index contributed by atoms with van der Waals surface area (Å²) in [5.41, 5.74) is 16.3. The van der Waals surface area contributed by atoms with Gasteiger partial charge in [-0.15, -0.1) is 43.9 Å². The van der Waals surface area contributed by atoms with E-state index in [1.54, 1.807) is 0 Å². The van der Waals surface area contributed by atoms with Crippen molar-refractivity contribution in [3.8, 4) is 57.5 Å². The molecule has 16 nitrogen and oxygen atoms in total. The molecule has 0 fully saturated rings. The van der Waals surface area contributed by atoms with Gasteiger partial charge in [-0.05, 0) is 100 Å². The summed E-state index contributed by atoms with van der Waals surface area (Å²) >= 11 is 29.0. The second kappa shape index (κ2) is 19.1. The molecule has 0 amide bonds. The summed E-state index contributed by atoms with van der Waals surface area (Å²) in [5, 5.41) is 10.3. The Balaban J connectivity index is 0.000000140. The lowest BCUT2D eigenvalue weighted by atomic mass is 10.3. The van der Waals surface area contributed by atoms with Crippen LogP contribution in [-0.2, 0) is 0 Å². The molecule has 5 aromatic rings. The highest BCUT2D eigenvalue weighted by atomic mass is 79.9. The minimum Gasteiger partial charge on any atom is -0.398 e. The number of nitrogens with zero attached hydrogens (tertiary/aromatic N) is 1. The Hall–Kier alpha value is -5.01. The zero-order valence-electron chi connectivity index (χ0n) is 31.7. The molecule has 0 saturated heterocycles. The molecule has 33 heteroatoms. The van der Waals surface area contributed by atoms with E-state index >= 15 is 0 Å². The lowest BCUT2D eigenvalue weighted by molar-refractivity contribution is -0.385. The van der Waals surface area contributed by atoms with Gasteiger partial charge in [0, 0.05) is 15.0 Å². The summed E-state index contributed by atoms with van der Waals surface area (Å²) in [6.45, 7) is 0. The van der Waals surface area contributed by atoms with Crippen molar-refractivity contribution in [3.63, 3.8) is 0 Å². The lowest BCUT2D eigenvalue weighted by Gasteiger charge is -2.05. The maximum Gasteiger partial charge on any atom is 0.586 e. The van der Waals surface area contributed by atoms with Gasteiger partial charge >= 0.3 is 31.5 Å². The lowest BCUT2D eigenvalue weighted by Crippen LogP contribution is -2.26. The molecule has 0 bridgehead atoms. The number of nitrogens with two attached hydrogens (primary N) is 3. The number of halogens is 17. The molecule has 0 aromatic heterocycles. The van der Waals surface area contributed by atoms with Crippen LogP contribution in [0.5, 0.6) is 57.5 Å². The third-order valence-electron chi connectivity index (χ3n) is 7.84. The summed E-state index contributed by atoms with van der Waals surface area (Å²) in [6.07, 6.45) is -18.4. The van der Waals surface area contributed by atoms with Gasteiger partial charge in [-0.1, -0.05) is 40.9 Å². The minimum absolute atomic E-state index is 0.0278. The summed E-state index contributed by atoms with van der Waals surface area (Å²) < 4.78 is 168. The van der Waals surface area contributed by atoms with Crippen molar-refractivity contribution in [2.45, 2.75) is 31.5 Å². The molecule has 5 aromatic carbocycles. The predicted molar refractivity (Wildman–Crippen MR) is 229 cm³/mol. The normalized spacial score (nSPS) is 17.2. The molecule has 0 spiro atoms. The Bertz CT molecular complexity index is 2780. The largest absolute Gasteiger partial charge is 0.586 e. The first-order valence-electron chi connectivity index (χ1n) is 17.0. The number of ether oxygens (including phenoxy) is 10. The van der Waals surface area contributed by atoms with Crippen molar-refractivity contribution in [2.75, 3.05) is 17.2 Å². The van der Waals surface area contributed by atoms with Crippen LogP contribution in [0, 0.1) is 10.1 Å². The molecule has 6 N–H and O–H groups in total. The van der Waals surface area contributed by atoms with Crippen molar-refractivity contribution in [2.24, 2.45) is 0 Å². The quantitative estimate of drug-likeness (QED) is 0.0616. The molecule has 0 aliphatic carbocycles. The minimum atomic E-state index is -3.86. The van der Waals surface area contributed by atoms with E-state index in [1.165, 1.54) is 48.5 Å². The zero-order valence-corrected chi connectivity index (χ0v) is 40.3. The van der Waals surface area contributed by atoms with Gasteiger partial charge in [0.2, 0.25) is 0 Å². The number of hydrogen-bond acceptors (Lipinski definition) is 15. The van der Waals surface area contributed by atoms with E-state index in [4.69, 9.17) is 52.0 Å². The maximum absolute atomic E-state index is 12.7. The smallest absolute Gasteiger partial charge is 0.398 e. The number of nitro groups is 1. The Morgan fingerprint density at radius 2 is 0.838 bits per heavy atom. The van der Waals surface area contributed by atoms with Gasteiger partial charge in [0.1, 0.15) is 19.5 Å². The van der Waals surface area contributed by atoms with Crippen molar-refractivity contribution in [1.29, 1.82) is 0 Å². The monoisotopic (exact) mass is 1290 g/mol. The van der Waals surface area contributed by atoms with Gasteiger partial charge in [0.25, 0.3) is 5.69 Å². The van der Waals surface area contributed by atoms with Gasteiger partial charge in [-0.25, -0.2) is 0 Å². The molecule has 0 saturated carbocycles. The first-order valence-corrected chi connectivity index (χ1v) is 21.3. The number of benzene rings is 5. The third kappa shape index (κ3) is 11.7. The molecule has 366 valence electrons. The highest BCUT2D eigenvalue weighted by Crippen LogP contribution is 2.53. The van der Waals surface area contributed by atoms with E-state index in [0.29, 0.717) is 13.4 Å². The molecule has 5 heterocycles. The van der Waals surface area contributed by atoms with Gasteiger partial charge in [0.15, 0.2) is 57.5 Å². The average Bonchev–Trinajstić information content (AvgIpc) is 4.01. The molecular weight excluding hydrogens is 1280 g/mol. The number of fused-ring (bicyclic) bond motifs is 5. The average molecular weight is 1300 g/mol. The fraction of sp³-hybridized carbons (Fsp3) is 0.143. The van der Waals surface area contributed by atoms with Crippen molar-refractivity contribution in [1.82, 2.24) is 0 Å². The van der Waals surface area contributed by atoms with Gasteiger partial charge < -0.3 is 64.6 Å². The van der Waals surface area contributed by atoms with E-state index in [0.717, 1.165) is 6.07 Å². The molecule has 5 aliphatic rings. The first-order chi connectivity index (χ1) is 31.3. The van der Waals surface area contributed by atoms with Crippen LogP contribution in [0.1, 0.15) is 0 Å². The number of hydrogen-bond donors (Lipinski definition) is 3. The number of nitro benzene ring substituents is 1. The fourth-order valence-electron chi connectivity index (χ4n) is 5.14.